The molecule has 130 valence electrons. The van der Waals surface area contributed by atoms with E-state index < -0.39 is 33.5 Å². The van der Waals surface area contributed by atoms with Crippen LogP contribution in [0.5, 0.6) is 0 Å². The zero-order valence-electron chi connectivity index (χ0n) is 13.1. The predicted octanol–water partition coefficient (Wildman–Crippen LogP) is 2.87. The molecule has 0 spiro atoms. The maximum atomic E-state index is 14.0. The topological polar surface area (TPSA) is 82.9 Å². The molecule has 0 saturated heterocycles. The highest BCUT2D eigenvalue weighted by molar-refractivity contribution is 7.92. The molecule has 1 unspecified atom stereocenters. The van der Waals surface area contributed by atoms with Crippen LogP contribution in [0.1, 0.15) is 17.7 Å². The van der Waals surface area contributed by atoms with Gasteiger partial charge in [-0.05, 0) is 17.7 Å². The zero-order valence-corrected chi connectivity index (χ0v) is 13.9. The number of hydrogen-bond donors (Lipinski definition) is 1. The van der Waals surface area contributed by atoms with Gasteiger partial charge in [0.05, 0.1) is 29.4 Å². The number of pyridine rings is 1. The third-order valence-corrected chi connectivity index (χ3v) is 5.58. The van der Waals surface area contributed by atoms with Crippen molar-refractivity contribution in [3.8, 4) is 6.07 Å². The summed E-state index contributed by atoms with van der Waals surface area (Å²) in [6.07, 6.45) is -0.478. The van der Waals surface area contributed by atoms with Crippen molar-refractivity contribution in [2.24, 2.45) is 0 Å². The van der Waals surface area contributed by atoms with E-state index in [1.165, 1.54) is 18.2 Å². The van der Waals surface area contributed by atoms with Crippen molar-refractivity contribution in [2.45, 2.75) is 24.2 Å². The van der Waals surface area contributed by atoms with Gasteiger partial charge in [-0.1, -0.05) is 36.4 Å². The highest BCUT2D eigenvalue weighted by atomic mass is 32.2. The molecule has 1 aromatic carbocycles. The summed E-state index contributed by atoms with van der Waals surface area (Å²) in [5.41, 5.74) is -1.02. The molecule has 1 atom stereocenters. The number of nitriles is 1. The lowest BCUT2D eigenvalue weighted by Gasteiger charge is -2.18. The molecule has 1 N–H and O–H groups in total. The van der Waals surface area contributed by atoms with E-state index in [-0.39, 0.29) is 12.2 Å². The maximum Gasteiger partial charge on any atom is 0.260 e. The number of anilines is 1. The second-order valence-corrected chi connectivity index (χ2v) is 7.76. The number of sulfonamides is 1. The average Bonchev–Trinajstić information content (AvgIpc) is 3.09. The van der Waals surface area contributed by atoms with Crippen LogP contribution in [0.3, 0.4) is 0 Å². The fourth-order valence-electron chi connectivity index (χ4n) is 2.88. The van der Waals surface area contributed by atoms with Crippen LogP contribution in [0.4, 0.5) is 14.6 Å². The maximum absolute atomic E-state index is 14.0. The fourth-order valence-corrected chi connectivity index (χ4v) is 4.51. The predicted molar refractivity (Wildman–Crippen MR) is 88.6 cm³/mol. The van der Waals surface area contributed by atoms with Gasteiger partial charge in [0.2, 0.25) is 10.0 Å². The van der Waals surface area contributed by atoms with Gasteiger partial charge < -0.3 is 0 Å². The van der Waals surface area contributed by atoms with Gasteiger partial charge in [-0.25, -0.2) is 22.2 Å². The van der Waals surface area contributed by atoms with Crippen LogP contribution in [0.2, 0.25) is 0 Å². The first-order valence-electron chi connectivity index (χ1n) is 7.55. The molecule has 25 heavy (non-hydrogen) atoms. The van der Waals surface area contributed by atoms with E-state index in [1.807, 2.05) is 6.07 Å². The van der Waals surface area contributed by atoms with Gasteiger partial charge in [-0.15, -0.1) is 0 Å². The van der Waals surface area contributed by atoms with Crippen LogP contribution in [0.15, 0.2) is 48.5 Å². The molecule has 8 heteroatoms. The molecule has 0 aliphatic heterocycles. The molecular formula is C17H15F2N3O2S. The Bertz CT molecular complexity index is 926. The summed E-state index contributed by atoms with van der Waals surface area (Å²) >= 11 is 0. The van der Waals surface area contributed by atoms with Crippen LogP contribution in [0, 0.1) is 11.3 Å². The Hall–Kier alpha value is -2.53. The first-order chi connectivity index (χ1) is 11.8. The molecule has 1 saturated carbocycles. The van der Waals surface area contributed by atoms with Crippen molar-refractivity contribution in [1.82, 2.24) is 4.98 Å². The third kappa shape index (κ3) is 3.46. The summed E-state index contributed by atoms with van der Waals surface area (Å²) in [4.78, 5) is 4.01. The highest BCUT2D eigenvalue weighted by Gasteiger charge is 2.73. The monoisotopic (exact) mass is 363 g/mol. The molecule has 0 radical (unpaired) electrons. The molecule has 1 aliphatic rings. The van der Waals surface area contributed by atoms with Crippen molar-refractivity contribution in [3.63, 3.8) is 0 Å². The smallest absolute Gasteiger partial charge is 0.260 e. The summed E-state index contributed by atoms with van der Waals surface area (Å²) in [6.45, 7) is 0. The molecule has 0 amide bonds. The van der Waals surface area contributed by atoms with Crippen molar-refractivity contribution < 1.29 is 17.2 Å². The number of hydrogen-bond acceptors (Lipinski definition) is 4. The Labute approximate surface area is 144 Å². The van der Waals surface area contributed by atoms with Gasteiger partial charge in [0.25, 0.3) is 5.92 Å². The number of alkyl halides is 2. The van der Waals surface area contributed by atoms with E-state index in [0.717, 1.165) is 0 Å². The van der Waals surface area contributed by atoms with E-state index in [1.54, 1.807) is 30.3 Å². The molecule has 1 heterocycles. The Morgan fingerprint density at radius 3 is 2.44 bits per heavy atom. The SMILES string of the molecule is N#CCc1cccc(NS(=O)(=O)CC2(c3ccccc3)CC2(F)F)n1. The van der Waals surface area contributed by atoms with E-state index in [2.05, 4.69) is 9.71 Å². The average molecular weight is 363 g/mol. The Balaban J connectivity index is 1.84. The van der Waals surface area contributed by atoms with Gasteiger partial charge in [0.1, 0.15) is 5.82 Å². The quantitative estimate of drug-likeness (QED) is 0.855. The largest absolute Gasteiger partial charge is 0.267 e. The van der Waals surface area contributed by atoms with Crippen LogP contribution >= 0.6 is 0 Å². The summed E-state index contributed by atoms with van der Waals surface area (Å²) in [7, 11) is -4.06. The Kier molecular flexibility index (Phi) is 4.21. The molecule has 3 rings (SSSR count). The van der Waals surface area contributed by atoms with Crippen molar-refractivity contribution in [3.05, 3.63) is 59.8 Å². The van der Waals surface area contributed by atoms with E-state index in [4.69, 9.17) is 5.26 Å². The molecule has 0 bridgehead atoms. The van der Waals surface area contributed by atoms with Crippen molar-refractivity contribution >= 4 is 15.8 Å². The van der Waals surface area contributed by atoms with Crippen molar-refractivity contribution in [1.29, 1.82) is 5.26 Å². The van der Waals surface area contributed by atoms with Crippen LogP contribution in [-0.4, -0.2) is 25.1 Å². The number of nitrogens with zero attached hydrogens (tertiary/aromatic N) is 2. The molecule has 1 fully saturated rings. The fraction of sp³-hybridized carbons (Fsp3) is 0.294. The lowest BCUT2D eigenvalue weighted by molar-refractivity contribution is 0.0926. The second kappa shape index (κ2) is 6.08. The van der Waals surface area contributed by atoms with Gasteiger partial charge in [-0.2, -0.15) is 5.26 Å². The zero-order chi connectivity index (χ0) is 18.1. The minimum atomic E-state index is -4.06. The number of aromatic nitrogens is 1. The van der Waals surface area contributed by atoms with Crippen LogP contribution in [-0.2, 0) is 21.9 Å². The van der Waals surface area contributed by atoms with Gasteiger partial charge in [-0.3, -0.25) is 4.72 Å². The number of nitrogens with one attached hydrogen (secondary N) is 1. The summed E-state index contributed by atoms with van der Waals surface area (Å²) < 4.78 is 55.2. The van der Waals surface area contributed by atoms with Crippen molar-refractivity contribution in [2.75, 3.05) is 10.5 Å². The number of rotatable bonds is 6. The lowest BCUT2D eigenvalue weighted by atomic mass is 9.98. The molecule has 1 aliphatic carbocycles. The van der Waals surface area contributed by atoms with E-state index in [0.29, 0.717) is 11.3 Å². The minimum absolute atomic E-state index is 0.0138. The minimum Gasteiger partial charge on any atom is -0.267 e. The third-order valence-electron chi connectivity index (χ3n) is 4.19. The number of halogens is 2. The standard InChI is InChI=1S/C17H15F2N3O2S/c18-17(19)11-16(17,13-5-2-1-3-6-13)12-25(23,24)22-15-8-4-7-14(21-15)9-10-20/h1-8H,9,11-12H2,(H,21,22). The summed E-state index contributed by atoms with van der Waals surface area (Å²) in [5.74, 6) is -3.79. The Morgan fingerprint density at radius 2 is 1.84 bits per heavy atom. The van der Waals surface area contributed by atoms with Gasteiger partial charge >= 0.3 is 0 Å². The summed E-state index contributed by atoms with van der Waals surface area (Å²) in [5, 5.41) is 8.68. The van der Waals surface area contributed by atoms with Gasteiger partial charge in [0, 0.05) is 6.42 Å². The molecular weight excluding hydrogens is 348 g/mol. The van der Waals surface area contributed by atoms with Gasteiger partial charge in [0.15, 0.2) is 0 Å². The first kappa shape index (κ1) is 17.3. The lowest BCUT2D eigenvalue weighted by Crippen LogP contribution is -2.31. The summed E-state index contributed by atoms with van der Waals surface area (Å²) in [6, 6.07) is 14.4. The van der Waals surface area contributed by atoms with E-state index >= 15 is 0 Å². The molecule has 1 aromatic heterocycles. The normalized spacial score (nSPS) is 21.3. The van der Waals surface area contributed by atoms with Crippen LogP contribution in [0.25, 0.3) is 0 Å². The number of benzene rings is 1. The highest BCUT2D eigenvalue weighted by Crippen LogP contribution is 2.62. The van der Waals surface area contributed by atoms with E-state index in [9.17, 15) is 17.2 Å². The molecule has 5 nitrogen and oxygen atoms in total. The van der Waals surface area contributed by atoms with Crippen LogP contribution < -0.4 is 4.72 Å². The first-order valence-corrected chi connectivity index (χ1v) is 9.20. The second-order valence-electron chi connectivity index (χ2n) is 6.04. The molecule has 2 aromatic rings. The Morgan fingerprint density at radius 1 is 1.16 bits per heavy atom.